The lowest BCUT2D eigenvalue weighted by atomic mass is 10.1. The Balaban J connectivity index is 0.000000427. The maximum absolute atomic E-state index is 13.9. The lowest BCUT2D eigenvalue weighted by Crippen LogP contribution is -2.34. The van der Waals surface area contributed by atoms with Crippen molar-refractivity contribution in [2.75, 3.05) is 32.8 Å². The van der Waals surface area contributed by atoms with Gasteiger partial charge in [0, 0.05) is 50.3 Å². The number of nitrogens with zero attached hydrogens (tertiary/aromatic N) is 3. The van der Waals surface area contributed by atoms with E-state index >= 15 is 0 Å². The molecular formula is C20H21F2N3O7. The topological polar surface area (TPSA) is 133 Å². The Morgan fingerprint density at radius 3 is 2.56 bits per heavy atom. The summed E-state index contributed by atoms with van der Waals surface area (Å²) in [6.07, 6.45) is 4.00. The molecule has 0 saturated carbocycles. The number of fused-ring (bicyclic) bond motifs is 1. The minimum atomic E-state index is -1.82. The number of ether oxygens (including phenoxy) is 1. The summed E-state index contributed by atoms with van der Waals surface area (Å²) >= 11 is 0. The highest BCUT2D eigenvalue weighted by atomic mass is 19.1. The fourth-order valence-electron chi connectivity index (χ4n) is 3.66. The van der Waals surface area contributed by atoms with Gasteiger partial charge in [0.05, 0.1) is 37.0 Å². The molecule has 10 nitrogen and oxygen atoms in total. The second-order valence-electron chi connectivity index (χ2n) is 7.34. The SMILES string of the molecule is O=C(O)C(=O)O.O=C(c1cc(F)ncc1F)N1C[C@@H]2CN(Cc3ccoc3)CCO[C@@H]2C1. The van der Waals surface area contributed by atoms with Crippen LogP contribution in [0.25, 0.3) is 0 Å². The highest BCUT2D eigenvalue weighted by Crippen LogP contribution is 2.26. The van der Waals surface area contributed by atoms with Gasteiger partial charge in [-0.3, -0.25) is 9.69 Å². The molecule has 0 radical (unpaired) electrons. The zero-order valence-corrected chi connectivity index (χ0v) is 16.8. The van der Waals surface area contributed by atoms with Crippen molar-refractivity contribution in [1.29, 1.82) is 0 Å². The zero-order chi connectivity index (χ0) is 23.3. The van der Waals surface area contributed by atoms with Crippen molar-refractivity contribution in [3.05, 3.63) is 53.7 Å². The smallest absolute Gasteiger partial charge is 0.414 e. The van der Waals surface area contributed by atoms with E-state index in [1.807, 2.05) is 6.07 Å². The van der Waals surface area contributed by atoms with Crippen molar-refractivity contribution in [2.45, 2.75) is 12.6 Å². The molecule has 2 aromatic heterocycles. The van der Waals surface area contributed by atoms with Gasteiger partial charge >= 0.3 is 11.9 Å². The minimum Gasteiger partial charge on any atom is -0.473 e. The monoisotopic (exact) mass is 453 g/mol. The maximum Gasteiger partial charge on any atom is 0.414 e. The van der Waals surface area contributed by atoms with Gasteiger partial charge in [0.2, 0.25) is 5.95 Å². The van der Waals surface area contributed by atoms with E-state index in [1.54, 1.807) is 12.5 Å². The van der Waals surface area contributed by atoms with Crippen LogP contribution in [0.1, 0.15) is 15.9 Å². The van der Waals surface area contributed by atoms with Gasteiger partial charge in [0.15, 0.2) is 5.82 Å². The summed E-state index contributed by atoms with van der Waals surface area (Å²) in [6, 6.07) is 2.77. The molecule has 2 atom stereocenters. The zero-order valence-electron chi connectivity index (χ0n) is 16.8. The molecule has 2 N–H and O–H groups in total. The molecule has 172 valence electrons. The summed E-state index contributed by atoms with van der Waals surface area (Å²) in [7, 11) is 0. The van der Waals surface area contributed by atoms with E-state index in [-0.39, 0.29) is 17.6 Å². The standard InChI is InChI=1S/C18H19F2N3O3.C2H2O4/c19-15-6-21-17(20)5-14(15)18(24)23-9-13-8-22(2-4-26-16(13)10-23)7-12-1-3-25-11-12;3-1(4)2(5)6/h1,3,5-6,11,13,16H,2,4,7-10H2;(H,3,4)(H,5,6)/t13-,16+;/m0./s1. The third kappa shape index (κ3) is 5.86. The molecule has 2 aliphatic heterocycles. The van der Waals surface area contributed by atoms with Crippen LogP contribution < -0.4 is 0 Å². The predicted molar refractivity (Wildman–Crippen MR) is 103 cm³/mol. The highest BCUT2D eigenvalue weighted by molar-refractivity contribution is 6.27. The van der Waals surface area contributed by atoms with Crippen LogP contribution in [0.5, 0.6) is 0 Å². The molecule has 2 aliphatic rings. The maximum atomic E-state index is 13.9. The number of aromatic nitrogens is 1. The summed E-state index contributed by atoms with van der Waals surface area (Å²) in [5.41, 5.74) is 0.799. The second-order valence-corrected chi connectivity index (χ2v) is 7.34. The molecule has 2 aromatic rings. The van der Waals surface area contributed by atoms with Gasteiger partial charge in [-0.1, -0.05) is 0 Å². The first-order valence-electron chi connectivity index (χ1n) is 9.66. The third-order valence-corrected chi connectivity index (χ3v) is 5.12. The summed E-state index contributed by atoms with van der Waals surface area (Å²) in [5.74, 6) is -5.73. The number of carbonyl (C=O) groups is 3. The molecule has 0 spiro atoms. The van der Waals surface area contributed by atoms with Gasteiger partial charge in [-0.15, -0.1) is 0 Å². The molecule has 32 heavy (non-hydrogen) atoms. The normalized spacial score (nSPS) is 20.6. The molecule has 0 bridgehead atoms. The first-order valence-corrected chi connectivity index (χ1v) is 9.66. The number of carboxylic acids is 2. The lowest BCUT2D eigenvalue weighted by Gasteiger charge is -2.22. The Morgan fingerprint density at radius 1 is 1.16 bits per heavy atom. The Labute approximate surface area is 181 Å². The highest BCUT2D eigenvalue weighted by Gasteiger charge is 2.39. The van der Waals surface area contributed by atoms with Gasteiger partial charge in [-0.25, -0.2) is 19.0 Å². The molecular weight excluding hydrogens is 432 g/mol. The fraction of sp³-hybridized carbons (Fsp3) is 0.400. The lowest BCUT2D eigenvalue weighted by molar-refractivity contribution is -0.159. The second kappa shape index (κ2) is 10.3. The number of rotatable bonds is 3. The van der Waals surface area contributed by atoms with Crippen LogP contribution in [0, 0.1) is 17.7 Å². The summed E-state index contributed by atoms with van der Waals surface area (Å²) in [6.45, 7) is 3.73. The van der Waals surface area contributed by atoms with Crippen molar-refractivity contribution < 1.29 is 42.5 Å². The van der Waals surface area contributed by atoms with Crippen molar-refractivity contribution in [2.24, 2.45) is 5.92 Å². The van der Waals surface area contributed by atoms with Crippen molar-refractivity contribution in [1.82, 2.24) is 14.8 Å². The van der Waals surface area contributed by atoms with Crippen molar-refractivity contribution >= 4 is 17.8 Å². The average Bonchev–Trinajstić information content (AvgIpc) is 3.36. The number of hydrogen-bond donors (Lipinski definition) is 2. The van der Waals surface area contributed by atoms with Crippen LogP contribution in [0.2, 0.25) is 0 Å². The average molecular weight is 453 g/mol. The number of hydrogen-bond acceptors (Lipinski definition) is 7. The molecule has 2 fully saturated rings. The molecule has 0 aromatic carbocycles. The van der Waals surface area contributed by atoms with Gasteiger partial charge in [-0.05, 0) is 6.07 Å². The number of carbonyl (C=O) groups excluding carboxylic acids is 1. The summed E-state index contributed by atoms with van der Waals surface area (Å²) in [4.78, 5) is 37.8. The van der Waals surface area contributed by atoms with E-state index in [0.717, 1.165) is 37.5 Å². The minimum absolute atomic E-state index is 0.0944. The Hall–Kier alpha value is -3.38. The van der Waals surface area contributed by atoms with Crippen LogP contribution in [-0.4, -0.2) is 81.7 Å². The first-order chi connectivity index (χ1) is 15.2. The molecule has 1 amide bonds. The van der Waals surface area contributed by atoms with E-state index < -0.39 is 29.6 Å². The Bertz CT molecular complexity index is 958. The number of aliphatic carboxylic acids is 2. The number of halogens is 2. The van der Waals surface area contributed by atoms with E-state index in [9.17, 15) is 13.6 Å². The van der Waals surface area contributed by atoms with Gasteiger partial charge in [0.25, 0.3) is 5.91 Å². The van der Waals surface area contributed by atoms with E-state index in [4.69, 9.17) is 29.0 Å². The quantitative estimate of drug-likeness (QED) is 0.517. The molecule has 12 heteroatoms. The molecule has 4 rings (SSSR count). The number of carboxylic acid groups (broad SMARTS) is 2. The number of furan rings is 1. The van der Waals surface area contributed by atoms with Crippen LogP contribution in [-0.2, 0) is 20.9 Å². The summed E-state index contributed by atoms with van der Waals surface area (Å²) < 4.78 is 38.2. The van der Waals surface area contributed by atoms with Crippen LogP contribution in [0.4, 0.5) is 8.78 Å². The Morgan fingerprint density at radius 2 is 1.91 bits per heavy atom. The molecule has 4 heterocycles. The molecule has 0 aliphatic carbocycles. The van der Waals surface area contributed by atoms with E-state index in [0.29, 0.717) is 19.7 Å². The van der Waals surface area contributed by atoms with E-state index in [1.165, 1.54) is 4.90 Å². The Kier molecular flexibility index (Phi) is 7.49. The fourth-order valence-corrected chi connectivity index (χ4v) is 3.66. The van der Waals surface area contributed by atoms with Gasteiger partial charge in [-0.2, -0.15) is 4.39 Å². The number of likely N-dealkylation sites (tertiary alicyclic amines) is 1. The first kappa shape index (κ1) is 23.3. The molecule has 2 saturated heterocycles. The van der Waals surface area contributed by atoms with E-state index in [2.05, 4.69) is 9.88 Å². The van der Waals surface area contributed by atoms with Crippen molar-refractivity contribution in [3.8, 4) is 0 Å². The van der Waals surface area contributed by atoms with Crippen LogP contribution in [0.3, 0.4) is 0 Å². The van der Waals surface area contributed by atoms with Crippen molar-refractivity contribution in [3.63, 3.8) is 0 Å². The number of amides is 1. The molecule has 0 unspecified atom stereocenters. The van der Waals surface area contributed by atoms with Crippen LogP contribution in [0.15, 0.2) is 35.3 Å². The number of pyridine rings is 1. The van der Waals surface area contributed by atoms with Crippen LogP contribution >= 0.6 is 0 Å². The van der Waals surface area contributed by atoms with Gasteiger partial charge < -0.3 is 24.3 Å². The van der Waals surface area contributed by atoms with Gasteiger partial charge in [0.1, 0.15) is 0 Å². The largest absolute Gasteiger partial charge is 0.473 e. The summed E-state index contributed by atoms with van der Waals surface area (Å²) in [5, 5.41) is 14.8. The predicted octanol–water partition coefficient (Wildman–Crippen LogP) is 1.08. The third-order valence-electron chi connectivity index (χ3n) is 5.12.